The number of Topliss-reactive ketones (excluding diaryl/α,β-unsaturated/α-hetero) is 1. The molecule has 7 heteroatoms. The number of hydrogen-bond donors (Lipinski definition) is 2. The minimum Gasteiger partial charge on any atom is -0.461 e. The predicted octanol–water partition coefficient (Wildman–Crippen LogP) is 1.46. The second-order valence-electron chi connectivity index (χ2n) is 8.08. The highest BCUT2D eigenvalue weighted by Crippen LogP contribution is 2.37. The summed E-state index contributed by atoms with van der Waals surface area (Å²) in [6, 6.07) is 0. The number of esters is 2. The average Bonchev–Trinajstić information content (AvgIpc) is 2.78. The summed E-state index contributed by atoms with van der Waals surface area (Å²) in [5, 5.41) is 20.9. The molecule has 1 saturated heterocycles. The molecule has 0 bridgehead atoms. The van der Waals surface area contributed by atoms with Crippen LogP contribution in [0.25, 0.3) is 0 Å². The Balaban J connectivity index is 2.45. The highest BCUT2D eigenvalue weighted by Gasteiger charge is 2.48. The summed E-state index contributed by atoms with van der Waals surface area (Å²) in [5.41, 5.74) is -1.28. The van der Waals surface area contributed by atoms with Gasteiger partial charge in [-0.3, -0.25) is 9.59 Å². The van der Waals surface area contributed by atoms with E-state index in [1.54, 1.807) is 13.0 Å². The van der Waals surface area contributed by atoms with Crippen molar-refractivity contribution in [3.63, 3.8) is 0 Å². The van der Waals surface area contributed by atoms with E-state index < -0.39 is 47.6 Å². The Bertz CT molecular complexity index is 674. The van der Waals surface area contributed by atoms with Crippen LogP contribution in [-0.4, -0.2) is 51.8 Å². The van der Waals surface area contributed by atoms with Gasteiger partial charge in [-0.1, -0.05) is 20.4 Å². The Labute approximate surface area is 159 Å². The van der Waals surface area contributed by atoms with Gasteiger partial charge in [-0.25, -0.2) is 4.79 Å². The van der Waals surface area contributed by atoms with Gasteiger partial charge in [0.2, 0.25) is 0 Å². The predicted molar refractivity (Wildman–Crippen MR) is 96.5 cm³/mol. The quantitative estimate of drug-likeness (QED) is 0.433. The van der Waals surface area contributed by atoms with Gasteiger partial charge in [0, 0.05) is 24.8 Å². The standard InChI is InChI=1S/C20H28O7/c1-10(2)6-17(23)26-15-9-20(5,25)16(22)8-13(21)11(3)7-14-18(15)12(4)19(24)27-14/h7,10,13-15,18,21,25H,4,6,8-9H2,1-3,5H3. The number of rotatable bonds is 3. The molecule has 0 aromatic rings. The lowest BCUT2D eigenvalue weighted by atomic mass is 9.79. The van der Waals surface area contributed by atoms with E-state index in [1.165, 1.54) is 6.92 Å². The van der Waals surface area contributed by atoms with E-state index in [-0.39, 0.29) is 30.8 Å². The van der Waals surface area contributed by atoms with Crippen molar-refractivity contribution in [3.05, 3.63) is 23.8 Å². The van der Waals surface area contributed by atoms with Crippen molar-refractivity contribution in [3.8, 4) is 0 Å². The largest absolute Gasteiger partial charge is 0.461 e. The maximum absolute atomic E-state index is 12.5. The molecule has 0 radical (unpaired) electrons. The molecule has 150 valence electrons. The normalized spacial score (nSPS) is 34.8. The number of carbonyl (C=O) groups excluding carboxylic acids is 3. The average molecular weight is 380 g/mol. The molecule has 1 aliphatic carbocycles. The van der Waals surface area contributed by atoms with Crippen molar-refractivity contribution in [1.82, 2.24) is 0 Å². The van der Waals surface area contributed by atoms with Crippen LogP contribution in [0.3, 0.4) is 0 Å². The van der Waals surface area contributed by atoms with Crippen LogP contribution < -0.4 is 0 Å². The Kier molecular flexibility index (Phi) is 6.27. The molecule has 2 rings (SSSR count). The number of ketones is 1. The first-order valence-electron chi connectivity index (χ1n) is 9.13. The molecule has 0 amide bonds. The minimum absolute atomic E-state index is 0.0666. The fourth-order valence-electron chi connectivity index (χ4n) is 3.41. The molecular weight excluding hydrogens is 352 g/mol. The first kappa shape index (κ1) is 21.3. The van der Waals surface area contributed by atoms with Gasteiger partial charge in [0.05, 0.1) is 12.0 Å². The maximum Gasteiger partial charge on any atom is 0.334 e. The van der Waals surface area contributed by atoms with E-state index in [2.05, 4.69) is 6.58 Å². The third kappa shape index (κ3) is 4.84. The van der Waals surface area contributed by atoms with E-state index in [0.29, 0.717) is 5.57 Å². The molecule has 1 heterocycles. The maximum atomic E-state index is 12.5. The molecule has 1 fully saturated rings. The second-order valence-corrected chi connectivity index (χ2v) is 8.08. The molecule has 1 aliphatic heterocycles. The molecule has 0 saturated carbocycles. The molecule has 0 spiro atoms. The number of aliphatic hydroxyl groups excluding tert-OH is 1. The van der Waals surface area contributed by atoms with Crippen molar-refractivity contribution in [2.24, 2.45) is 11.8 Å². The lowest BCUT2D eigenvalue weighted by Gasteiger charge is -2.33. The van der Waals surface area contributed by atoms with Crippen LogP contribution in [0.4, 0.5) is 0 Å². The van der Waals surface area contributed by atoms with E-state index in [9.17, 15) is 24.6 Å². The summed E-state index contributed by atoms with van der Waals surface area (Å²) in [7, 11) is 0. The van der Waals surface area contributed by atoms with Crippen LogP contribution in [0.5, 0.6) is 0 Å². The lowest BCUT2D eigenvalue weighted by molar-refractivity contribution is -0.160. The summed E-state index contributed by atoms with van der Waals surface area (Å²) in [6.45, 7) is 10.4. The summed E-state index contributed by atoms with van der Waals surface area (Å²) < 4.78 is 10.9. The summed E-state index contributed by atoms with van der Waals surface area (Å²) in [6.07, 6.45) is -1.63. The molecule has 0 aromatic heterocycles. The van der Waals surface area contributed by atoms with Crippen molar-refractivity contribution >= 4 is 17.7 Å². The van der Waals surface area contributed by atoms with Gasteiger partial charge in [-0.2, -0.15) is 0 Å². The van der Waals surface area contributed by atoms with Crippen LogP contribution in [0.2, 0.25) is 0 Å². The van der Waals surface area contributed by atoms with Gasteiger partial charge in [0.25, 0.3) is 0 Å². The van der Waals surface area contributed by atoms with Crippen molar-refractivity contribution in [2.45, 2.75) is 70.9 Å². The molecular formula is C20H28O7. The fourth-order valence-corrected chi connectivity index (χ4v) is 3.41. The molecule has 7 nitrogen and oxygen atoms in total. The zero-order chi connectivity index (χ0) is 20.5. The molecule has 27 heavy (non-hydrogen) atoms. The van der Waals surface area contributed by atoms with E-state index in [0.717, 1.165) is 0 Å². The zero-order valence-electron chi connectivity index (χ0n) is 16.2. The van der Waals surface area contributed by atoms with Gasteiger partial charge in [-0.05, 0) is 31.4 Å². The van der Waals surface area contributed by atoms with E-state index >= 15 is 0 Å². The topological polar surface area (TPSA) is 110 Å². The highest BCUT2D eigenvalue weighted by atomic mass is 16.6. The van der Waals surface area contributed by atoms with Crippen LogP contribution in [0, 0.1) is 11.8 Å². The van der Waals surface area contributed by atoms with Gasteiger partial charge >= 0.3 is 11.9 Å². The molecule has 2 N–H and O–H groups in total. The summed E-state index contributed by atoms with van der Waals surface area (Å²) >= 11 is 0. The number of fused-ring (bicyclic) bond motifs is 1. The summed E-state index contributed by atoms with van der Waals surface area (Å²) in [5.74, 6) is -2.35. The SMILES string of the molecule is C=C1C(=O)OC2C=C(C)C(O)CC(=O)C(C)(O)CC(OC(=O)CC(C)C)C12. The lowest BCUT2D eigenvalue weighted by Crippen LogP contribution is -2.46. The van der Waals surface area contributed by atoms with Gasteiger partial charge in [0.15, 0.2) is 5.78 Å². The van der Waals surface area contributed by atoms with Crippen LogP contribution >= 0.6 is 0 Å². The molecule has 5 atom stereocenters. The first-order chi connectivity index (χ1) is 12.4. The van der Waals surface area contributed by atoms with Gasteiger partial charge in [0.1, 0.15) is 17.8 Å². The smallest absolute Gasteiger partial charge is 0.334 e. The Morgan fingerprint density at radius 3 is 2.67 bits per heavy atom. The monoisotopic (exact) mass is 380 g/mol. The highest BCUT2D eigenvalue weighted by molar-refractivity contribution is 5.92. The first-order valence-corrected chi connectivity index (χ1v) is 9.13. The van der Waals surface area contributed by atoms with Crippen LogP contribution in [-0.2, 0) is 23.9 Å². The molecule has 5 unspecified atom stereocenters. The number of hydrogen-bond acceptors (Lipinski definition) is 7. The third-order valence-electron chi connectivity index (χ3n) is 5.05. The van der Waals surface area contributed by atoms with Gasteiger partial charge < -0.3 is 19.7 Å². The second kappa shape index (κ2) is 7.94. The molecule has 0 aromatic carbocycles. The van der Waals surface area contributed by atoms with Crippen molar-refractivity contribution in [2.75, 3.05) is 0 Å². The van der Waals surface area contributed by atoms with Crippen LogP contribution in [0.15, 0.2) is 23.8 Å². The van der Waals surface area contributed by atoms with Crippen molar-refractivity contribution in [1.29, 1.82) is 0 Å². The Morgan fingerprint density at radius 1 is 1.44 bits per heavy atom. The molecule has 2 aliphatic rings. The Morgan fingerprint density at radius 2 is 2.07 bits per heavy atom. The fraction of sp³-hybridized carbons (Fsp3) is 0.650. The van der Waals surface area contributed by atoms with Crippen molar-refractivity contribution < 1.29 is 34.1 Å². The van der Waals surface area contributed by atoms with E-state index in [4.69, 9.17) is 9.47 Å². The zero-order valence-corrected chi connectivity index (χ0v) is 16.2. The van der Waals surface area contributed by atoms with Gasteiger partial charge in [-0.15, -0.1) is 0 Å². The summed E-state index contributed by atoms with van der Waals surface area (Å²) in [4.78, 5) is 36.8. The Hall–Kier alpha value is -1.99. The minimum atomic E-state index is -1.84. The van der Waals surface area contributed by atoms with E-state index in [1.807, 2.05) is 13.8 Å². The number of ether oxygens (including phenoxy) is 2. The number of carbonyl (C=O) groups is 3. The number of aliphatic hydroxyl groups is 2. The third-order valence-corrected chi connectivity index (χ3v) is 5.05. The van der Waals surface area contributed by atoms with Crippen LogP contribution in [0.1, 0.15) is 47.0 Å².